The lowest BCUT2D eigenvalue weighted by molar-refractivity contribution is -0.385. The third kappa shape index (κ3) is 2.60. The van der Waals surface area contributed by atoms with Gasteiger partial charge in [0.05, 0.1) is 11.5 Å². The summed E-state index contributed by atoms with van der Waals surface area (Å²) in [5.41, 5.74) is 0.902. The lowest BCUT2D eigenvalue weighted by Gasteiger charge is -2.01. The van der Waals surface area contributed by atoms with Crippen molar-refractivity contribution >= 4 is 11.5 Å². The van der Waals surface area contributed by atoms with Gasteiger partial charge in [0.15, 0.2) is 5.78 Å². The zero-order chi connectivity index (χ0) is 11.4. The molecule has 0 heterocycles. The van der Waals surface area contributed by atoms with Crippen molar-refractivity contribution in [3.63, 3.8) is 0 Å². The fourth-order valence-corrected chi connectivity index (χ4v) is 1.24. The van der Waals surface area contributed by atoms with Gasteiger partial charge in [0, 0.05) is 17.2 Å². The second kappa shape index (κ2) is 4.65. The molecule has 0 amide bonds. The van der Waals surface area contributed by atoms with E-state index in [1.807, 2.05) is 0 Å². The lowest BCUT2D eigenvalue weighted by Crippen LogP contribution is -2.18. The monoisotopic (exact) mass is 208 g/mol. The first kappa shape index (κ1) is 11.3. The molecule has 5 heteroatoms. The van der Waals surface area contributed by atoms with E-state index in [1.54, 1.807) is 26.1 Å². The van der Waals surface area contributed by atoms with Crippen LogP contribution in [0.15, 0.2) is 18.2 Å². The van der Waals surface area contributed by atoms with Crippen LogP contribution in [0, 0.1) is 17.0 Å². The van der Waals surface area contributed by atoms with Crippen LogP contribution in [0.25, 0.3) is 0 Å². The smallest absolute Gasteiger partial charge is 0.273 e. The van der Waals surface area contributed by atoms with Gasteiger partial charge in [0.2, 0.25) is 0 Å². The number of carbonyl (C=O) groups excluding carboxylic acids is 1. The highest BCUT2D eigenvalue weighted by atomic mass is 16.6. The van der Waals surface area contributed by atoms with Crippen LogP contribution >= 0.6 is 0 Å². The average Bonchev–Trinajstić information content (AvgIpc) is 2.18. The Morgan fingerprint density at radius 3 is 2.73 bits per heavy atom. The molecule has 0 saturated heterocycles. The summed E-state index contributed by atoms with van der Waals surface area (Å²) >= 11 is 0. The van der Waals surface area contributed by atoms with Crippen molar-refractivity contribution in [2.75, 3.05) is 13.6 Å². The normalized spacial score (nSPS) is 10.0. The van der Waals surface area contributed by atoms with Gasteiger partial charge in [-0.3, -0.25) is 14.9 Å². The van der Waals surface area contributed by atoms with E-state index < -0.39 is 4.92 Å². The van der Waals surface area contributed by atoms with Gasteiger partial charge >= 0.3 is 0 Å². The minimum Gasteiger partial charge on any atom is -0.313 e. The summed E-state index contributed by atoms with van der Waals surface area (Å²) in [6.07, 6.45) is 0. The van der Waals surface area contributed by atoms with E-state index >= 15 is 0 Å². The van der Waals surface area contributed by atoms with Crippen LogP contribution in [0.4, 0.5) is 5.69 Å². The molecule has 1 aromatic carbocycles. The fraction of sp³-hybridized carbons (Fsp3) is 0.300. The Morgan fingerprint density at radius 1 is 1.53 bits per heavy atom. The summed E-state index contributed by atoms with van der Waals surface area (Å²) in [5.74, 6) is -0.152. The molecule has 0 aliphatic heterocycles. The van der Waals surface area contributed by atoms with Crippen molar-refractivity contribution in [2.24, 2.45) is 0 Å². The second-order valence-electron chi connectivity index (χ2n) is 3.21. The van der Waals surface area contributed by atoms with Crippen LogP contribution in [-0.2, 0) is 0 Å². The average molecular weight is 208 g/mol. The largest absolute Gasteiger partial charge is 0.313 e. The van der Waals surface area contributed by atoms with Gasteiger partial charge in [-0.1, -0.05) is 12.1 Å². The quantitative estimate of drug-likeness (QED) is 0.460. The number of nitrogens with zero attached hydrogens (tertiary/aromatic N) is 1. The van der Waals surface area contributed by atoms with Crippen molar-refractivity contribution in [3.8, 4) is 0 Å². The molecule has 5 nitrogen and oxygen atoms in total. The molecule has 0 atom stereocenters. The molecule has 1 rings (SSSR count). The molecule has 0 saturated carbocycles. The Labute approximate surface area is 87.3 Å². The highest BCUT2D eigenvalue weighted by Gasteiger charge is 2.14. The predicted molar refractivity (Wildman–Crippen MR) is 56.1 cm³/mol. The Kier molecular flexibility index (Phi) is 3.51. The van der Waals surface area contributed by atoms with Gasteiger partial charge in [-0.05, 0) is 14.0 Å². The van der Waals surface area contributed by atoms with Crippen molar-refractivity contribution in [1.29, 1.82) is 0 Å². The van der Waals surface area contributed by atoms with E-state index in [2.05, 4.69) is 5.32 Å². The standard InChI is InChI=1S/C10H12N2O3/c1-7-3-4-8(10(13)6-11-2)5-9(7)12(14)15/h3-5,11H,6H2,1-2H3. The predicted octanol–water partition coefficient (Wildman–Crippen LogP) is 1.31. The van der Waals surface area contributed by atoms with Gasteiger partial charge in [-0.15, -0.1) is 0 Å². The van der Waals surface area contributed by atoms with Crippen LogP contribution in [0.1, 0.15) is 15.9 Å². The number of nitro groups is 1. The van der Waals surface area contributed by atoms with Gasteiger partial charge in [-0.25, -0.2) is 0 Å². The number of hydrogen-bond acceptors (Lipinski definition) is 4. The molecule has 0 spiro atoms. The van der Waals surface area contributed by atoms with E-state index in [1.165, 1.54) is 6.07 Å². The van der Waals surface area contributed by atoms with Gasteiger partial charge in [0.1, 0.15) is 0 Å². The highest BCUT2D eigenvalue weighted by Crippen LogP contribution is 2.19. The molecule has 0 aliphatic carbocycles. The number of nitrogens with one attached hydrogen (secondary N) is 1. The number of ketones is 1. The van der Waals surface area contributed by atoms with Gasteiger partial charge in [0.25, 0.3) is 5.69 Å². The Bertz CT molecular complexity index is 402. The Hall–Kier alpha value is -1.75. The molecule has 0 unspecified atom stereocenters. The first-order valence-electron chi connectivity index (χ1n) is 4.49. The van der Waals surface area contributed by atoms with Crippen LogP contribution in [0.3, 0.4) is 0 Å². The lowest BCUT2D eigenvalue weighted by atomic mass is 10.1. The number of rotatable bonds is 4. The van der Waals surface area contributed by atoms with Gasteiger partial charge in [-0.2, -0.15) is 0 Å². The molecule has 0 fully saturated rings. The third-order valence-electron chi connectivity index (χ3n) is 2.07. The van der Waals surface area contributed by atoms with Crippen molar-refractivity contribution < 1.29 is 9.72 Å². The third-order valence-corrected chi connectivity index (χ3v) is 2.07. The molecule has 0 aliphatic rings. The van der Waals surface area contributed by atoms with E-state index in [9.17, 15) is 14.9 Å². The van der Waals surface area contributed by atoms with Crippen molar-refractivity contribution in [3.05, 3.63) is 39.4 Å². The molecule has 0 radical (unpaired) electrons. The first-order chi connectivity index (χ1) is 7.06. The topological polar surface area (TPSA) is 72.2 Å². The fourth-order valence-electron chi connectivity index (χ4n) is 1.24. The van der Waals surface area contributed by atoms with Crippen LogP contribution in [0.5, 0.6) is 0 Å². The SMILES string of the molecule is CNCC(=O)c1ccc(C)c([N+](=O)[O-])c1. The highest BCUT2D eigenvalue weighted by molar-refractivity contribution is 5.98. The number of nitro benzene ring substituents is 1. The van der Waals surface area contributed by atoms with Crippen LogP contribution in [0.2, 0.25) is 0 Å². The zero-order valence-corrected chi connectivity index (χ0v) is 8.61. The molecule has 0 bridgehead atoms. The summed E-state index contributed by atoms with van der Waals surface area (Å²) in [6, 6.07) is 4.50. The van der Waals surface area contributed by atoms with E-state index in [0.29, 0.717) is 11.1 Å². The van der Waals surface area contributed by atoms with E-state index in [4.69, 9.17) is 0 Å². The molecule has 1 aromatic rings. The number of aryl methyl sites for hydroxylation is 1. The summed E-state index contributed by atoms with van der Waals surface area (Å²) in [4.78, 5) is 21.6. The van der Waals surface area contributed by atoms with Crippen LogP contribution in [-0.4, -0.2) is 24.3 Å². The molecule has 1 N–H and O–H groups in total. The summed E-state index contributed by atoms with van der Waals surface area (Å²) < 4.78 is 0. The van der Waals surface area contributed by atoms with Gasteiger partial charge < -0.3 is 5.32 Å². The Balaban J connectivity index is 3.07. The molecule has 15 heavy (non-hydrogen) atoms. The minimum atomic E-state index is -0.481. The number of Topliss-reactive ketones (excluding diaryl/α,β-unsaturated/α-hetero) is 1. The number of carbonyl (C=O) groups is 1. The number of likely N-dealkylation sites (N-methyl/N-ethyl adjacent to an activating group) is 1. The van der Waals surface area contributed by atoms with E-state index in [-0.39, 0.29) is 18.0 Å². The zero-order valence-electron chi connectivity index (χ0n) is 8.61. The maximum atomic E-state index is 11.4. The van der Waals surface area contributed by atoms with E-state index in [0.717, 1.165) is 0 Å². The first-order valence-corrected chi connectivity index (χ1v) is 4.49. The summed E-state index contributed by atoms with van der Waals surface area (Å²) in [6.45, 7) is 1.82. The molecular weight excluding hydrogens is 196 g/mol. The Morgan fingerprint density at radius 2 is 2.20 bits per heavy atom. The minimum absolute atomic E-state index is 0.0167. The van der Waals surface area contributed by atoms with Crippen molar-refractivity contribution in [2.45, 2.75) is 6.92 Å². The number of benzene rings is 1. The molecular formula is C10H12N2O3. The summed E-state index contributed by atoms with van der Waals surface area (Å²) in [7, 11) is 1.65. The maximum absolute atomic E-state index is 11.4. The molecule has 0 aromatic heterocycles. The number of hydrogen-bond donors (Lipinski definition) is 1. The second-order valence-corrected chi connectivity index (χ2v) is 3.21. The summed E-state index contributed by atoms with van der Waals surface area (Å²) in [5, 5.41) is 13.3. The van der Waals surface area contributed by atoms with Crippen LogP contribution < -0.4 is 5.32 Å². The maximum Gasteiger partial charge on any atom is 0.273 e. The van der Waals surface area contributed by atoms with Crippen molar-refractivity contribution in [1.82, 2.24) is 5.32 Å². The molecule has 80 valence electrons.